The van der Waals surface area contributed by atoms with Gasteiger partial charge in [0.15, 0.2) is 0 Å². The standard InChI is InChI=1S/C15H22N4O/c1-4-19(11-5-10-16)15(20)18-14-8-6-13(7-9-14)12(2)17-3/h6-9,12,17H,4-5,11H2,1-3H3,(H,18,20). The van der Waals surface area contributed by atoms with Crippen LogP contribution in [0.25, 0.3) is 0 Å². The Balaban J connectivity index is 2.63. The van der Waals surface area contributed by atoms with Crippen LogP contribution in [0.5, 0.6) is 0 Å². The van der Waals surface area contributed by atoms with Crippen LogP contribution in [0.2, 0.25) is 0 Å². The molecule has 1 atom stereocenters. The Kier molecular flexibility index (Phi) is 6.54. The number of hydrogen-bond donors (Lipinski definition) is 2. The smallest absolute Gasteiger partial charge is 0.321 e. The summed E-state index contributed by atoms with van der Waals surface area (Å²) in [5.41, 5.74) is 1.93. The van der Waals surface area contributed by atoms with Gasteiger partial charge in [0.1, 0.15) is 0 Å². The second-order valence-electron chi connectivity index (χ2n) is 4.55. The van der Waals surface area contributed by atoms with Crippen molar-refractivity contribution in [2.24, 2.45) is 0 Å². The fourth-order valence-electron chi connectivity index (χ4n) is 1.81. The lowest BCUT2D eigenvalue weighted by atomic mass is 10.1. The molecule has 5 nitrogen and oxygen atoms in total. The van der Waals surface area contributed by atoms with Crippen molar-refractivity contribution in [3.63, 3.8) is 0 Å². The Morgan fingerprint density at radius 3 is 2.55 bits per heavy atom. The number of rotatable bonds is 6. The molecule has 0 aliphatic heterocycles. The number of amides is 2. The highest BCUT2D eigenvalue weighted by atomic mass is 16.2. The van der Waals surface area contributed by atoms with Gasteiger partial charge in [0.2, 0.25) is 0 Å². The minimum absolute atomic E-state index is 0.169. The molecule has 0 bridgehead atoms. The van der Waals surface area contributed by atoms with E-state index in [1.54, 1.807) is 4.90 Å². The zero-order valence-electron chi connectivity index (χ0n) is 12.3. The maximum absolute atomic E-state index is 12.0. The molecule has 0 heterocycles. The minimum Gasteiger partial charge on any atom is -0.324 e. The van der Waals surface area contributed by atoms with Crippen LogP contribution in [0.4, 0.5) is 10.5 Å². The van der Waals surface area contributed by atoms with E-state index in [4.69, 9.17) is 5.26 Å². The van der Waals surface area contributed by atoms with Crippen LogP contribution in [-0.2, 0) is 0 Å². The SMILES string of the molecule is CCN(CCC#N)C(=O)Nc1ccc(C(C)NC)cc1. The van der Waals surface area contributed by atoms with E-state index in [1.165, 1.54) is 5.56 Å². The molecule has 108 valence electrons. The first-order valence-electron chi connectivity index (χ1n) is 6.82. The van der Waals surface area contributed by atoms with Crippen molar-refractivity contribution in [1.82, 2.24) is 10.2 Å². The van der Waals surface area contributed by atoms with Crippen LogP contribution in [0.3, 0.4) is 0 Å². The molecule has 2 amide bonds. The Bertz CT molecular complexity index is 464. The normalized spacial score (nSPS) is 11.5. The van der Waals surface area contributed by atoms with Gasteiger partial charge < -0.3 is 15.5 Å². The molecule has 0 saturated carbocycles. The lowest BCUT2D eigenvalue weighted by molar-refractivity contribution is 0.215. The lowest BCUT2D eigenvalue weighted by Crippen LogP contribution is -2.35. The van der Waals surface area contributed by atoms with Gasteiger partial charge in [-0.2, -0.15) is 5.26 Å². The second kappa shape index (κ2) is 8.18. The number of nitriles is 1. The number of anilines is 1. The van der Waals surface area contributed by atoms with Gasteiger partial charge in [-0.1, -0.05) is 12.1 Å². The predicted molar refractivity (Wildman–Crippen MR) is 80.4 cm³/mol. The summed E-state index contributed by atoms with van der Waals surface area (Å²) in [5, 5.41) is 14.6. The summed E-state index contributed by atoms with van der Waals surface area (Å²) in [7, 11) is 1.91. The Hall–Kier alpha value is -2.06. The van der Waals surface area contributed by atoms with Crippen molar-refractivity contribution in [3.05, 3.63) is 29.8 Å². The Labute approximate surface area is 120 Å². The number of carbonyl (C=O) groups excluding carboxylic acids is 1. The first kappa shape index (κ1) is 16.0. The van der Waals surface area contributed by atoms with E-state index in [0.29, 0.717) is 19.5 Å². The van der Waals surface area contributed by atoms with E-state index in [0.717, 1.165) is 5.69 Å². The molecule has 0 aromatic heterocycles. The first-order valence-corrected chi connectivity index (χ1v) is 6.82. The summed E-state index contributed by atoms with van der Waals surface area (Å²) in [5.74, 6) is 0. The maximum Gasteiger partial charge on any atom is 0.321 e. The van der Waals surface area contributed by atoms with Gasteiger partial charge in [-0.05, 0) is 38.6 Å². The van der Waals surface area contributed by atoms with E-state index in [2.05, 4.69) is 17.6 Å². The van der Waals surface area contributed by atoms with Crippen LogP contribution in [0.15, 0.2) is 24.3 Å². The molecular formula is C15H22N4O. The van der Waals surface area contributed by atoms with Gasteiger partial charge in [-0.3, -0.25) is 0 Å². The van der Waals surface area contributed by atoms with Gasteiger partial charge in [0.25, 0.3) is 0 Å². The molecule has 0 aliphatic carbocycles. The molecule has 0 fully saturated rings. The molecule has 0 saturated heterocycles. The maximum atomic E-state index is 12.0. The second-order valence-corrected chi connectivity index (χ2v) is 4.55. The van der Waals surface area contributed by atoms with Crippen LogP contribution in [0, 0.1) is 11.3 Å². The molecule has 2 N–H and O–H groups in total. The highest BCUT2D eigenvalue weighted by Gasteiger charge is 2.11. The zero-order valence-corrected chi connectivity index (χ0v) is 12.3. The zero-order chi connectivity index (χ0) is 15.0. The third-order valence-corrected chi connectivity index (χ3v) is 3.26. The fraction of sp³-hybridized carbons (Fsp3) is 0.467. The predicted octanol–water partition coefficient (Wildman–Crippen LogP) is 2.73. The number of nitrogens with one attached hydrogen (secondary N) is 2. The van der Waals surface area contributed by atoms with Gasteiger partial charge >= 0.3 is 6.03 Å². The van der Waals surface area contributed by atoms with E-state index in [-0.39, 0.29) is 12.1 Å². The summed E-state index contributed by atoms with van der Waals surface area (Å²) in [4.78, 5) is 13.6. The highest BCUT2D eigenvalue weighted by molar-refractivity contribution is 5.89. The quantitative estimate of drug-likeness (QED) is 0.838. The lowest BCUT2D eigenvalue weighted by Gasteiger charge is -2.20. The summed E-state index contributed by atoms with van der Waals surface area (Å²) < 4.78 is 0. The summed E-state index contributed by atoms with van der Waals surface area (Å²) in [6, 6.07) is 9.91. The molecule has 1 aromatic carbocycles. The van der Waals surface area contributed by atoms with Crippen molar-refractivity contribution < 1.29 is 4.79 Å². The average Bonchev–Trinajstić information content (AvgIpc) is 2.48. The molecule has 0 radical (unpaired) electrons. The summed E-state index contributed by atoms with van der Waals surface area (Å²) >= 11 is 0. The third kappa shape index (κ3) is 4.56. The molecule has 1 unspecified atom stereocenters. The van der Waals surface area contributed by atoms with E-state index < -0.39 is 0 Å². The molecule has 5 heteroatoms. The molecule has 0 spiro atoms. The molecular weight excluding hydrogens is 252 g/mol. The topological polar surface area (TPSA) is 68.2 Å². The van der Waals surface area contributed by atoms with Crippen LogP contribution in [0.1, 0.15) is 31.9 Å². The number of benzene rings is 1. The van der Waals surface area contributed by atoms with Crippen molar-refractivity contribution in [2.45, 2.75) is 26.3 Å². The van der Waals surface area contributed by atoms with Crippen LogP contribution in [-0.4, -0.2) is 31.1 Å². The molecule has 1 rings (SSSR count). The van der Waals surface area contributed by atoms with Crippen molar-refractivity contribution in [3.8, 4) is 6.07 Å². The molecule has 0 aliphatic rings. The van der Waals surface area contributed by atoms with Gasteiger partial charge in [0.05, 0.1) is 12.5 Å². The third-order valence-electron chi connectivity index (χ3n) is 3.26. The minimum atomic E-state index is -0.169. The van der Waals surface area contributed by atoms with Crippen molar-refractivity contribution in [2.75, 3.05) is 25.5 Å². The van der Waals surface area contributed by atoms with Crippen molar-refractivity contribution >= 4 is 11.7 Å². The largest absolute Gasteiger partial charge is 0.324 e. The average molecular weight is 274 g/mol. The van der Waals surface area contributed by atoms with E-state index in [1.807, 2.05) is 44.3 Å². The van der Waals surface area contributed by atoms with Gasteiger partial charge in [0, 0.05) is 24.8 Å². The van der Waals surface area contributed by atoms with Crippen molar-refractivity contribution in [1.29, 1.82) is 5.26 Å². The number of nitrogens with zero attached hydrogens (tertiary/aromatic N) is 2. The molecule has 1 aromatic rings. The fourth-order valence-corrected chi connectivity index (χ4v) is 1.81. The van der Waals surface area contributed by atoms with Crippen LogP contribution < -0.4 is 10.6 Å². The summed E-state index contributed by atoms with van der Waals surface area (Å²) in [6.45, 7) is 5.01. The monoisotopic (exact) mass is 274 g/mol. The highest BCUT2D eigenvalue weighted by Crippen LogP contribution is 2.16. The first-order chi connectivity index (χ1) is 9.62. The summed E-state index contributed by atoms with van der Waals surface area (Å²) in [6.07, 6.45) is 0.347. The number of urea groups is 1. The number of carbonyl (C=O) groups is 1. The number of hydrogen-bond acceptors (Lipinski definition) is 3. The van der Waals surface area contributed by atoms with Crippen LogP contribution >= 0.6 is 0 Å². The Morgan fingerprint density at radius 1 is 1.40 bits per heavy atom. The van der Waals surface area contributed by atoms with E-state index >= 15 is 0 Å². The van der Waals surface area contributed by atoms with Gasteiger partial charge in [-0.25, -0.2) is 4.79 Å². The van der Waals surface area contributed by atoms with E-state index in [9.17, 15) is 4.79 Å². The Morgan fingerprint density at radius 2 is 2.05 bits per heavy atom. The van der Waals surface area contributed by atoms with Gasteiger partial charge in [-0.15, -0.1) is 0 Å². The molecule has 20 heavy (non-hydrogen) atoms.